The van der Waals surface area contributed by atoms with Crippen LogP contribution < -0.4 is 5.32 Å². The fourth-order valence-electron chi connectivity index (χ4n) is 11.8. The number of ether oxygens (including phenoxy) is 1. The number of aliphatic hydroxyl groups is 2. The molecule has 2 atom stereocenters. The molecular weight excluding hydrogens is 995 g/mol. The SMILES string of the molecule is CCCCCCCC/C=C\CCCCCCCCCC(=O)OCCCCCCCCCCCCCC/C=C\CCCCCCCCCCCCCC(=O)NC(CO)C(O)CCCCCCCCCCCCCCCCCCCCCC. The number of esters is 1. The topological polar surface area (TPSA) is 95.9 Å². The molecule has 0 fully saturated rings. The minimum Gasteiger partial charge on any atom is -0.466 e. The van der Waals surface area contributed by atoms with Crippen LogP contribution in [0.2, 0.25) is 0 Å². The third-order valence-electron chi connectivity index (χ3n) is 17.5. The number of hydrogen-bond acceptors (Lipinski definition) is 5. The van der Waals surface area contributed by atoms with Gasteiger partial charge in [0.1, 0.15) is 0 Å². The zero-order valence-electron chi connectivity index (χ0n) is 55.0. The first-order valence-corrected chi connectivity index (χ1v) is 37.1. The average molecular weight is 1140 g/mol. The Morgan fingerprint density at radius 1 is 0.333 bits per heavy atom. The first-order valence-electron chi connectivity index (χ1n) is 37.1. The quantitative estimate of drug-likeness (QED) is 0.0320. The molecule has 0 aromatic carbocycles. The summed E-state index contributed by atoms with van der Waals surface area (Å²) in [5.74, 6) is -0.0186. The Balaban J connectivity index is 3.37. The van der Waals surface area contributed by atoms with Gasteiger partial charge in [0.2, 0.25) is 5.91 Å². The lowest BCUT2D eigenvalue weighted by atomic mass is 10.0. The molecule has 0 aromatic rings. The smallest absolute Gasteiger partial charge is 0.305 e. The summed E-state index contributed by atoms with van der Waals surface area (Å²) in [6.07, 6.45) is 89.5. The van der Waals surface area contributed by atoms with E-state index >= 15 is 0 Å². The van der Waals surface area contributed by atoms with Crippen molar-refractivity contribution < 1.29 is 24.5 Å². The molecule has 3 N–H and O–H groups in total. The Hall–Kier alpha value is -1.66. The summed E-state index contributed by atoms with van der Waals surface area (Å²) in [6.45, 7) is 4.99. The fraction of sp³-hybridized carbons (Fsp3) is 0.920. The third kappa shape index (κ3) is 67.3. The molecule has 0 spiro atoms. The first-order chi connectivity index (χ1) is 40.0. The fourth-order valence-corrected chi connectivity index (χ4v) is 11.8. The van der Waals surface area contributed by atoms with E-state index in [1.165, 1.54) is 340 Å². The average Bonchev–Trinajstić information content (AvgIpc) is 3.47. The van der Waals surface area contributed by atoms with Gasteiger partial charge in [-0.05, 0) is 77.0 Å². The minimum atomic E-state index is -0.666. The van der Waals surface area contributed by atoms with Crippen molar-refractivity contribution in [2.45, 2.75) is 431 Å². The Morgan fingerprint density at radius 2 is 0.580 bits per heavy atom. The van der Waals surface area contributed by atoms with Crippen molar-refractivity contribution in [3.63, 3.8) is 0 Å². The van der Waals surface area contributed by atoms with Crippen molar-refractivity contribution in [2.24, 2.45) is 0 Å². The molecule has 0 heterocycles. The van der Waals surface area contributed by atoms with Crippen molar-refractivity contribution in [1.29, 1.82) is 0 Å². The lowest BCUT2D eigenvalue weighted by Gasteiger charge is -2.22. The van der Waals surface area contributed by atoms with Crippen LogP contribution in [0.1, 0.15) is 418 Å². The molecule has 0 aliphatic carbocycles. The van der Waals surface area contributed by atoms with Crippen LogP contribution in [-0.4, -0.2) is 47.4 Å². The first kappa shape index (κ1) is 79.3. The predicted molar refractivity (Wildman–Crippen MR) is 356 cm³/mol. The lowest BCUT2D eigenvalue weighted by Crippen LogP contribution is -2.45. The van der Waals surface area contributed by atoms with Gasteiger partial charge >= 0.3 is 5.97 Å². The molecule has 0 aliphatic rings. The van der Waals surface area contributed by atoms with E-state index in [-0.39, 0.29) is 18.5 Å². The number of unbranched alkanes of at least 4 members (excludes halogenated alkanes) is 55. The molecule has 81 heavy (non-hydrogen) atoms. The molecule has 0 aliphatic heterocycles. The van der Waals surface area contributed by atoms with Gasteiger partial charge in [-0.1, -0.05) is 353 Å². The predicted octanol–water partition coefficient (Wildman–Crippen LogP) is 24.1. The molecule has 2 unspecified atom stereocenters. The Bertz CT molecular complexity index is 1270. The number of rotatable bonds is 70. The van der Waals surface area contributed by atoms with E-state index in [0.717, 1.165) is 44.9 Å². The zero-order chi connectivity index (χ0) is 58.5. The number of amides is 1. The number of hydrogen-bond donors (Lipinski definition) is 3. The van der Waals surface area contributed by atoms with Crippen LogP contribution in [0.5, 0.6) is 0 Å². The highest BCUT2D eigenvalue weighted by Crippen LogP contribution is 2.19. The maximum absolute atomic E-state index is 12.5. The molecule has 0 rings (SSSR count). The molecule has 0 bridgehead atoms. The molecular formula is C75H145NO5. The van der Waals surface area contributed by atoms with E-state index in [9.17, 15) is 19.8 Å². The maximum Gasteiger partial charge on any atom is 0.305 e. The molecule has 6 heteroatoms. The van der Waals surface area contributed by atoms with Crippen LogP contribution in [0.25, 0.3) is 0 Å². The standard InChI is InChI=1S/C75H145NO5/c1-3-5-7-9-11-13-15-17-19-21-22-32-36-39-43-47-51-55-59-63-67-73(78)72(71-77)76-74(79)68-64-60-56-52-48-44-40-37-33-30-28-26-24-23-25-27-29-31-34-38-42-46-50-54-58-62-66-70-81-75(80)69-65-61-57-53-49-45-41-35-20-18-16-14-12-10-8-6-4-2/h18,20,23-24,72-73,77-78H,3-17,19,21-22,25-71H2,1-2H3,(H,76,79)/b20-18-,24-23-. The Kier molecular flexibility index (Phi) is 69.4. The summed E-state index contributed by atoms with van der Waals surface area (Å²) >= 11 is 0. The minimum absolute atomic E-state index is 0.0128. The summed E-state index contributed by atoms with van der Waals surface area (Å²) in [5.41, 5.74) is 0. The summed E-state index contributed by atoms with van der Waals surface area (Å²) in [4.78, 5) is 24.6. The number of carbonyl (C=O) groups excluding carboxylic acids is 2. The second kappa shape index (κ2) is 70.8. The van der Waals surface area contributed by atoms with Crippen LogP contribution in [0.3, 0.4) is 0 Å². The van der Waals surface area contributed by atoms with Crippen molar-refractivity contribution in [3.8, 4) is 0 Å². The monoisotopic (exact) mass is 1140 g/mol. The molecule has 0 saturated heterocycles. The van der Waals surface area contributed by atoms with Gasteiger partial charge in [0.05, 0.1) is 25.4 Å². The van der Waals surface area contributed by atoms with Crippen LogP contribution in [-0.2, 0) is 14.3 Å². The Morgan fingerprint density at radius 3 is 0.877 bits per heavy atom. The van der Waals surface area contributed by atoms with Crippen molar-refractivity contribution in [2.75, 3.05) is 13.2 Å². The van der Waals surface area contributed by atoms with Gasteiger partial charge in [-0.15, -0.1) is 0 Å². The number of carbonyl (C=O) groups is 2. The van der Waals surface area contributed by atoms with Gasteiger partial charge in [-0.2, -0.15) is 0 Å². The van der Waals surface area contributed by atoms with Crippen LogP contribution in [0, 0.1) is 0 Å². The van der Waals surface area contributed by atoms with E-state index in [2.05, 4.69) is 43.5 Å². The number of allylic oxidation sites excluding steroid dienone is 4. The summed E-state index contributed by atoms with van der Waals surface area (Å²) in [5, 5.41) is 23.4. The maximum atomic E-state index is 12.5. The van der Waals surface area contributed by atoms with Crippen molar-refractivity contribution >= 4 is 11.9 Å². The van der Waals surface area contributed by atoms with E-state index < -0.39 is 12.1 Å². The highest BCUT2D eigenvalue weighted by atomic mass is 16.5. The van der Waals surface area contributed by atoms with Crippen LogP contribution in [0.4, 0.5) is 0 Å². The highest BCUT2D eigenvalue weighted by molar-refractivity contribution is 5.76. The Labute approximate surface area is 507 Å². The normalized spacial score (nSPS) is 12.6. The number of nitrogens with one attached hydrogen (secondary N) is 1. The third-order valence-corrected chi connectivity index (χ3v) is 17.5. The largest absolute Gasteiger partial charge is 0.466 e. The van der Waals surface area contributed by atoms with Crippen LogP contribution in [0.15, 0.2) is 24.3 Å². The van der Waals surface area contributed by atoms with Gasteiger partial charge in [0.25, 0.3) is 0 Å². The zero-order valence-corrected chi connectivity index (χ0v) is 55.0. The van der Waals surface area contributed by atoms with E-state index in [0.29, 0.717) is 25.9 Å². The second-order valence-corrected chi connectivity index (χ2v) is 25.6. The van der Waals surface area contributed by atoms with Gasteiger partial charge in [-0.25, -0.2) is 0 Å². The van der Waals surface area contributed by atoms with Gasteiger partial charge in [0, 0.05) is 12.8 Å². The second-order valence-electron chi connectivity index (χ2n) is 25.6. The molecule has 1 amide bonds. The van der Waals surface area contributed by atoms with Gasteiger partial charge in [0.15, 0.2) is 0 Å². The van der Waals surface area contributed by atoms with Crippen molar-refractivity contribution in [3.05, 3.63) is 24.3 Å². The van der Waals surface area contributed by atoms with Gasteiger partial charge in [-0.3, -0.25) is 9.59 Å². The van der Waals surface area contributed by atoms with E-state index in [1.807, 2.05) is 0 Å². The van der Waals surface area contributed by atoms with E-state index in [4.69, 9.17) is 4.74 Å². The van der Waals surface area contributed by atoms with Gasteiger partial charge < -0.3 is 20.3 Å². The van der Waals surface area contributed by atoms with E-state index in [1.54, 1.807) is 0 Å². The highest BCUT2D eigenvalue weighted by Gasteiger charge is 2.20. The van der Waals surface area contributed by atoms with Crippen LogP contribution >= 0.6 is 0 Å². The molecule has 0 saturated carbocycles. The lowest BCUT2D eigenvalue weighted by molar-refractivity contribution is -0.143. The number of aliphatic hydroxyl groups excluding tert-OH is 2. The van der Waals surface area contributed by atoms with Crippen molar-refractivity contribution in [1.82, 2.24) is 5.32 Å². The summed E-state index contributed by atoms with van der Waals surface area (Å²) < 4.78 is 5.50. The summed E-state index contributed by atoms with van der Waals surface area (Å²) in [7, 11) is 0. The molecule has 0 aromatic heterocycles. The molecule has 0 radical (unpaired) electrons. The summed E-state index contributed by atoms with van der Waals surface area (Å²) in [6, 6.07) is -0.543. The molecule has 480 valence electrons. The molecule has 6 nitrogen and oxygen atoms in total.